The Bertz CT molecular complexity index is 467. The van der Waals surface area contributed by atoms with Gasteiger partial charge in [-0.15, -0.1) is 11.3 Å². The topological polar surface area (TPSA) is 32.3 Å². The molecule has 0 bridgehead atoms. The summed E-state index contributed by atoms with van der Waals surface area (Å²) in [7, 11) is 0. The lowest BCUT2D eigenvalue weighted by molar-refractivity contribution is 0.0738. The maximum atomic E-state index is 12.8. The number of aryl methyl sites for hydroxylation is 2. The van der Waals surface area contributed by atoms with E-state index < -0.39 is 0 Å². The van der Waals surface area contributed by atoms with Crippen molar-refractivity contribution in [3.8, 4) is 0 Å². The van der Waals surface area contributed by atoms with Gasteiger partial charge < -0.3 is 10.2 Å². The minimum absolute atomic E-state index is 0.242. The van der Waals surface area contributed by atoms with Gasteiger partial charge in [0.15, 0.2) is 0 Å². The van der Waals surface area contributed by atoms with Crippen LogP contribution in [-0.2, 0) is 0 Å². The molecular weight excluding hydrogens is 268 g/mol. The van der Waals surface area contributed by atoms with Crippen molar-refractivity contribution in [2.75, 3.05) is 19.6 Å². The Morgan fingerprint density at radius 1 is 1.35 bits per heavy atom. The first-order valence-corrected chi connectivity index (χ1v) is 8.55. The Morgan fingerprint density at radius 2 is 2.15 bits per heavy atom. The van der Waals surface area contributed by atoms with E-state index in [9.17, 15) is 4.79 Å². The molecule has 2 aliphatic rings. The van der Waals surface area contributed by atoms with Gasteiger partial charge in [-0.25, -0.2) is 0 Å². The van der Waals surface area contributed by atoms with Gasteiger partial charge in [0.25, 0.3) is 5.91 Å². The summed E-state index contributed by atoms with van der Waals surface area (Å²) >= 11 is 1.64. The van der Waals surface area contributed by atoms with Crippen LogP contribution in [0.5, 0.6) is 0 Å². The van der Waals surface area contributed by atoms with Crippen LogP contribution in [0.2, 0.25) is 0 Å². The van der Waals surface area contributed by atoms with E-state index >= 15 is 0 Å². The molecule has 20 heavy (non-hydrogen) atoms. The van der Waals surface area contributed by atoms with Crippen molar-refractivity contribution in [3.05, 3.63) is 21.4 Å². The number of nitrogens with zero attached hydrogens (tertiary/aromatic N) is 1. The highest BCUT2D eigenvalue weighted by Crippen LogP contribution is 2.31. The van der Waals surface area contributed by atoms with Crippen molar-refractivity contribution in [3.63, 3.8) is 0 Å². The first-order valence-electron chi connectivity index (χ1n) is 7.73. The summed E-state index contributed by atoms with van der Waals surface area (Å²) in [4.78, 5) is 17.1. The van der Waals surface area contributed by atoms with Crippen molar-refractivity contribution in [1.29, 1.82) is 0 Å². The highest BCUT2D eigenvalue weighted by atomic mass is 32.1. The molecule has 1 atom stereocenters. The first kappa shape index (κ1) is 14.1. The zero-order valence-corrected chi connectivity index (χ0v) is 13.3. The molecule has 3 nitrogen and oxygen atoms in total. The van der Waals surface area contributed by atoms with Crippen LogP contribution < -0.4 is 5.32 Å². The van der Waals surface area contributed by atoms with Gasteiger partial charge in [-0.05, 0) is 63.6 Å². The lowest BCUT2D eigenvalue weighted by atomic mass is 10.2. The molecule has 110 valence electrons. The zero-order valence-electron chi connectivity index (χ0n) is 12.4. The van der Waals surface area contributed by atoms with Crippen LogP contribution in [-0.4, -0.2) is 36.5 Å². The average molecular weight is 292 g/mol. The van der Waals surface area contributed by atoms with Gasteiger partial charge in [0.05, 0.1) is 4.88 Å². The molecule has 0 spiro atoms. The maximum Gasteiger partial charge on any atom is 0.264 e. The molecular formula is C16H24N2OS. The summed E-state index contributed by atoms with van der Waals surface area (Å²) in [6, 6.07) is 2.56. The van der Waals surface area contributed by atoms with Crippen LogP contribution in [0.3, 0.4) is 0 Å². The summed E-state index contributed by atoms with van der Waals surface area (Å²) < 4.78 is 0. The van der Waals surface area contributed by atoms with Crippen molar-refractivity contribution in [2.45, 2.75) is 45.6 Å². The van der Waals surface area contributed by atoms with Gasteiger partial charge in [0, 0.05) is 24.0 Å². The van der Waals surface area contributed by atoms with Crippen LogP contribution in [0.15, 0.2) is 6.07 Å². The maximum absolute atomic E-state index is 12.8. The molecule has 2 heterocycles. The quantitative estimate of drug-likeness (QED) is 0.905. The Kier molecular flexibility index (Phi) is 4.13. The van der Waals surface area contributed by atoms with Gasteiger partial charge in [-0.1, -0.05) is 0 Å². The second-order valence-corrected chi connectivity index (χ2v) is 7.55. The van der Waals surface area contributed by atoms with Crippen molar-refractivity contribution < 1.29 is 4.79 Å². The van der Waals surface area contributed by atoms with E-state index in [1.54, 1.807) is 11.3 Å². The molecule has 1 amide bonds. The van der Waals surface area contributed by atoms with Gasteiger partial charge in [0.1, 0.15) is 0 Å². The van der Waals surface area contributed by atoms with Gasteiger partial charge in [-0.3, -0.25) is 4.79 Å². The predicted molar refractivity (Wildman–Crippen MR) is 83.4 cm³/mol. The molecule has 1 N–H and O–H groups in total. The van der Waals surface area contributed by atoms with E-state index in [4.69, 9.17) is 0 Å². The number of carbonyl (C=O) groups excluding carboxylic acids is 1. The molecule has 1 aliphatic heterocycles. The van der Waals surface area contributed by atoms with Crippen molar-refractivity contribution >= 4 is 17.2 Å². The number of hydrogen-bond donors (Lipinski definition) is 1. The normalized spacial score (nSPS) is 22.2. The molecule has 3 rings (SSSR count). The predicted octanol–water partition coefficient (Wildman–Crippen LogP) is 2.97. The van der Waals surface area contributed by atoms with Crippen LogP contribution in [0.25, 0.3) is 0 Å². The van der Waals surface area contributed by atoms with Crippen LogP contribution >= 0.6 is 11.3 Å². The highest BCUT2D eigenvalue weighted by molar-refractivity contribution is 7.14. The number of carbonyl (C=O) groups is 1. The van der Waals surface area contributed by atoms with E-state index in [2.05, 4.69) is 30.1 Å². The highest BCUT2D eigenvalue weighted by Gasteiger charge is 2.30. The van der Waals surface area contributed by atoms with Crippen LogP contribution in [0, 0.1) is 19.8 Å². The molecule has 0 aromatic carbocycles. The van der Waals surface area contributed by atoms with E-state index in [-0.39, 0.29) is 5.91 Å². The SMILES string of the molecule is Cc1cc(C(=O)N(CC2CC2)CC2CCCN2)sc1C. The van der Waals surface area contributed by atoms with Crippen LogP contribution in [0.4, 0.5) is 0 Å². The molecule has 1 aromatic rings. The number of thiophene rings is 1. The van der Waals surface area contributed by atoms with E-state index in [0.717, 1.165) is 30.4 Å². The third-order valence-electron chi connectivity index (χ3n) is 4.44. The molecule has 1 unspecified atom stereocenters. The minimum atomic E-state index is 0.242. The van der Waals surface area contributed by atoms with Crippen molar-refractivity contribution in [2.24, 2.45) is 5.92 Å². The Hall–Kier alpha value is -0.870. The Labute approximate surface area is 125 Å². The first-order chi connectivity index (χ1) is 9.63. The average Bonchev–Trinajstić information content (AvgIpc) is 2.96. The fourth-order valence-electron chi connectivity index (χ4n) is 2.87. The second-order valence-electron chi connectivity index (χ2n) is 6.30. The number of rotatable bonds is 5. The van der Waals surface area contributed by atoms with Crippen LogP contribution in [0.1, 0.15) is 45.8 Å². The summed E-state index contributed by atoms with van der Waals surface area (Å²) in [6.07, 6.45) is 5.04. The van der Waals surface area contributed by atoms with Gasteiger partial charge in [0.2, 0.25) is 0 Å². The molecule has 1 saturated carbocycles. The molecule has 1 saturated heterocycles. The largest absolute Gasteiger partial charge is 0.336 e. The number of hydrogen-bond acceptors (Lipinski definition) is 3. The molecule has 4 heteroatoms. The second kappa shape index (κ2) is 5.86. The summed E-state index contributed by atoms with van der Waals surface area (Å²) in [5.74, 6) is 0.995. The fraction of sp³-hybridized carbons (Fsp3) is 0.688. The number of nitrogens with one attached hydrogen (secondary N) is 1. The lowest BCUT2D eigenvalue weighted by Crippen LogP contribution is -2.42. The van der Waals surface area contributed by atoms with Gasteiger partial charge >= 0.3 is 0 Å². The fourth-order valence-corrected chi connectivity index (χ4v) is 3.87. The Morgan fingerprint density at radius 3 is 2.70 bits per heavy atom. The summed E-state index contributed by atoms with van der Waals surface area (Å²) in [6.45, 7) is 7.12. The van der Waals surface area contributed by atoms with Crippen molar-refractivity contribution in [1.82, 2.24) is 10.2 Å². The third-order valence-corrected chi connectivity index (χ3v) is 5.58. The third kappa shape index (κ3) is 3.23. The lowest BCUT2D eigenvalue weighted by Gasteiger charge is -2.25. The van der Waals surface area contributed by atoms with Gasteiger partial charge in [-0.2, -0.15) is 0 Å². The molecule has 2 fully saturated rings. The summed E-state index contributed by atoms with van der Waals surface area (Å²) in [5.41, 5.74) is 1.24. The van der Waals surface area contributed by atoms with E-state index in [1.165, 1.54) is 36.1 Å². The standard InChI is InChI=1S/C16H24N2OS/c1-11-8-15(20-12(11)2)16(19)18(9-13-5-6-13)10-14-4-3-7-17-14/h8,13-14,17H,3-7,9-10H2,1-2H3. The summed E-state index contributed by atoms with van der Waals surface area (Å²) in [5, 5.41) is 3.51. The monoisotopic (exact) mass is 292 g/mol. The van der Waals surface area contributed by atoms with E-state index in [0.29, 0.717) is 6.04 Å². The minimum Gasteiger partial charge on any atom is -0.336 e. The number of amides is 1. The smallest absolute Gasteiger partial charge is 0.264 e. The van der Waals surface area contributed by atoms with E-state index in [1.807, 2.05) is 0 Å². The molecule has 1 aromatic heterocycles. The molecule has 1 aliphatic carbocycles. The molecule has 0 radical (unpaired) electrons. The zero-order chi connectivity index (χ0) is 14.1. The Balaban J connectivity index is 1.70.